The molecular formula is C27H35N3O5. The molecule has 1 atom stereocenters. The molecule has 8 nitrogen and oxygen atoms in total. The monoisotopic (exact) mass is 481 g/mol. The van der Waals surface area contributed by atoms with Crippen molar-refractivity contribution in [1.82, 2.24) is 15.5 Å². The zero-order chi connectivity index (χ0) is 24.8. The summed E-state index contributed by atoms with van der Waals surface area (Å²) in [6, 6.07) is 10.8. The average Bonchev–Trinajstić information content (AvgIpc) is 2.89. The third-order valence-electron chi connectivity index (χ3n) is 7.30. The van der Waals surface area contributed by atoms with Crippen molar-refractivity contribution in [3.8, 4) is 5.75 Å². The molecule has 35 heavy (non-hydrogen) atoms. The fraction of sp³-hybridized carbons (Fsp3) is 0.519. The van der Waals surface area contributed by atoms with Crippen LogP contribution in [0.15, 0.2) is 36.4 Å². The van der Waals surface area contributed by atoms with Crippen LogP contribution >= 0.6 is 0 Å². The number of benzene rings is 2. The zero-order valence-corrected chi connectivity index (χ0v) is 20.6. The molecule has 0 saturated carbocycles. The lowest BCUT2D eigenvalue weighted by Crippen LogP contribution is -2.54. The molecule has 188 valence electrons. The Morgan fingerprint density at radius 3 is 2.51 bits per heavy atom. The highest BCUT2D eigenvalue weighted by molar-refractivity contribution is 6.08. The second-order valence-electron chi connectivity index (χ2n) is 9.49. The van der Waals surface area contributed by atoms with Gasteiger partial charge in [0.2, 0.25) is 11.8 Å². The van der Waals surface area contributed by atoms with Crippen molar-refractivity contribution in [2.75, 3.05) is 40.0 Å². The third-order valence-corrected chi connectivity index (χ3v) is 7.30. The second-order valence-corrected chi connectivity index (χ2v) is 9.49. The fourth-order valence-electron chi connectivity index (χ4n) is 5.12. The van der Waals surface area contributed by atoms with E-state index in [4.69, 9.17) is 9.47 Å². The van der Waals surface area contributed by atoms with Crippen LogP contribution in [0, 0.1) is 5.41 Å². The Morgan fingerprint density at radius 1 is 1.03 bits per heavy atom. The van der Waals surface area contributed by atoms with Gasteiger partial charge in [0, 0.05) is 37.2 Å². The van der Waals surface area contributed by atoms with E-state index in [1.165, 1.54) is 0 Å². The van der Waals surface area contributed by atoms with Crippen LogP contribution in [-0.4, -0.2) is 68.6 Å². The number of likely N-dealkylation sites (tertiary alicyclic amines) is 1. The van der Waals surface area contributed by atoms with Crippen LogP contribution in [0.4, 0.5) is 0 Å². The number of piperidine rings is 1. The predicted octanol–water partition coefficient (Wildman–Crippen LogP) is 2.89. The van der Waals surface area contributed by atoms with E-state index in [0.29, 0.717) is 57.7 Å². The molecule has 2 aliphatic heterocycles. The first-order valence-electron chi connectivity index (χ1n) is 12.5. The minimum Gasteiger partial charge on any atom is -0.496 e. The molecule has 0 unspecified atom stereocenters. The number of ether oxygens (including phenoxy) is 2. The maximum absolute atomic E-state index is 13.5. The summed E-state index contributed by atoms with van der Waals surface area (Å²) in [7, 11) is 1.62. The summed E-state index contributed by atoms with van der Waals surface area (Å²) >= 11 is 0. The minimum absolute atomic E-state index is 0.0371. The largest absolute Gasteiger partial charge is 0.496 e. The number of methoxy groups -OCH3 is 1. The van der Waals surface area contributed by atoms with E-state index >= 15 is 0 Å². The summed E-state index contributed by atoms with van der Waals surface area (Å²) in [5.41, 5.74) is 0.0423. The maximum atomic E-state index is 13.5. The first-order chi connectivity index (χ1) is 16.9. The molecule has 2 heterocycles. The molecule has 0 aliphatic carbocycles. The summed E-state index contributed by atoms with van der Waals surface area (Å²) in [5.74, 6) is 0.389. The van der Waals surface area contributed by atoms with Crippen molar-refractivity contribution in [2.24, 2.45) is 5.41 Å². The van der Waals surface area contributed by atoms with Gasteiger partial charge in [-0.25, -0.2) is 0 Å². The molecular weight excluding hydrogens is 446 g/mol. The van der Waals surface area contributed by atoms with Gasteiger partial charge in [0.1, 0.15) is 11.8 Å². The van der Waals surface area contributed by atoms with Gasteiger partial charge in [0.15, 0.2) is 0 Å². The Hall–Kier alpha value is -3.13. The van der Waals surface area contributed by atoms with Crippen LogP contribution in [0.3, 0.4) is 0 Å². The lowest BCUT2D eigenvalue weighted by Gasteiger charge is -2.41. The van der Waals surface area contributed by atoms with Crippen LogP contribution in [0.1, 0.15) is 49.4 Å². The topological polar surface area (TPSA) is 97.0 Å². The first kappa shape index (κ1) is 25.0. The van der Waals surface area contributed by atoms with Gasteiger partial charge in [-0.05, 0) is 50.1 Å². The average molecular weight is 482 g/mol. The quantitative estimate of drug-likeness (QED) is 0.688. The summed E-state index contributed by atoms with van der Waals surface area (Å²) in [6.07, 6.45) is 3.56. The van der Waals surface area contributed by atoms with Gasteiger partial charge in [-0.15, -0.1) is 0 Å². The Labute approximate surface area is 206 Å². The summed E-state index contributed by atoms with van der Waals surface area (Å²) in [4.78, 5) is 41.1. The number of nitrogens with zero attached hydrogens (tertiary/aromatic N) is 1. The van der Waals surface area contributed by atoms with Crippen molar-refractivity contribution in [3.05, 3.63) is 42.0 Å². The van der Waals surface area contributed by atoms with E-state index < -0.39 is 11.5 Å². The van der Waals surface area contributed by atoms with Gasteiger partial charge >= 0.3 is 0 Å². The second kappa shape index (κ2) is 11.1. The highest BCUT2D eigenvalue weighted by atomic mass is 16.5. The fourth-order valence-corrected chi connectivity index (χ4v) is 5.12. The van der Waals surface area contributed by atoms with Crippen LogP contribution in [-0.2, 0) is 14.3 Å². The van der Waals surface area contributed by atoms with E-state index in [1.807, 2.05) is 41.3 Å². The number of fused-ring (bicyclic) bond motifs is 1. The minimum atomic E-state index is -0.620. The molecule has 2 fully saturated rings. The van der Waals surface area contributed by atoms with E-state index in [2.05, 4.69) is 10.6 Å². The SMILES string of the molecule is COc1ccc(C(=O)N2CCC3(CCCCOCCNC(=O)[C@H](C)NC3=O)CC2)c2ccccc12. The molecule has 0 radical (unpaired) electrons. The standard InChI is InChI=1S/C27H35N3O5/c1-19-24(31)28-14-18-35-17-6-5-11-27(26(33)29-19)12-15-30(16-13-27)25(32)22-9-10-23(34-2)21-8-4-3-7-20(21)22/h3-4,7-10,19H,5-6,11-18H2,1-2H3,(H,28,31)(H,29,33)/t19-/m0/s1. The van der Waals surface area contributed by atoms with Crippen LogP contribution in [0.5, 0.6) is 5.75 Å². The first-order valence-corrected chi connectivity index (χ1v) is 12.5. The third kappa shape index (κ3) is 5.42. The molecule has 4 rings (SSSR count). The summed E-state index contributed by atoms with van der Waals surface area (Å²) in [5, 5.41) is 7.50. The molecule has 2 aliphatic rings. The van der Waals surface area contributed by atoms with E-state index in [0.717, 1.165) is 29.4 Å². The smallest absolute Gasteiger partial charge is 0.254 e. The maximum Gasteiger partial charge on any atom is 0.254 e. The summed E-state index contributed by atoms with van der Waals surface area (Å²) in [6.45, 7) is 4.19. The molecule has 2 saturated heterocycles. The molecule has 0 bridgehead atoms. The van der Waals surface area contributed by atoms with Crippen LogP contribution in [0.25, 0.3) is 10.8 Å². The summed E-state index contributed by atoms with van der Waals surface area (Å²) < 4.78 is 11.1. The highest BCUT2D eigenvalue weighted by Crippen LogP contribution is 2.38. The molecule has 0 aromatic heterocycles. The number of rotatable bonds is 2. The lowest BCUT2D eigenvalue weighted by atomic mass is 9.73. The van der Waals surface area contributed by atoms with Crippen LogP contribution < -0.4 is 15.4 Å². The van der Waals surface area contributed by atoms with Gasteiger partial charge in [0.25, 0.3) is 5.91 Å². The predicted molar refractivity (Wildman–Crippen MR) is 133 cm³/mol. The number of carbonyl (C=O) groups excluding carboxylic acids is 3. The molecule has 8 heteroatoms. The van der Waals surface area contributed by atoms with Crippen LogP contribution in [0.2, 0.25) is 0 Å². The zero-order valence-electron chi connectivity index (χ0n) is 20.6. The normalized spacial score (nSPS) is 21.9. The van der Waals surface area contributed by atoms with Gasteiger partial charge < -0.3 is 25.0 Å². The molecule has 2 aromatic rings. The number of hydrogen-bond donors (Lipinski definition) is 2. The number of amides is 3. The van der Waals surface area contributed by atoms with Gasteiger partial charge in [-0.1, -0.05) is 30.7 Å². The Bertz CT molecular complexity index is 1080. The molecule has 2 aromatic carbocycles. The van der Waals surface area contributed by atoms with Gasteiger partial charge in [-0.2, -0.15) is 0 Å². The van der Waals surface area contributed by atoms with Gasteiger partial charge in [-0.3, -0.25) is 14.4 Å². The molecule has 2 N–H and O–H groups in total. The highest BCUT2D eigenvalue weighted by Gasteiger charge is 2.42. The Balaban J connectivity index is 1.51. The van der Waals surface area contributed by atoms with E-state index in [9.17, 15) is 14.4 Å². The Kier molecular flexibility index (Phi) is 7.90. The number of hydrogen-bond acceptors (Lipinski definition) is 5. The van der Waals surface area contributed by atoms with Crippen molar-refractivity contribution in [1.29, 1.82) is 0 Å². The van der Waals surface area contributed by atoms with Crippen molar-refractivity contribution in [3.63, 3.8) is 0 Å². The van der Waals surface area contributed by atoms with Crippen molar-refractivity contribution >= 4 is 28.5 Å². The van der Waals surface area contributed by atoms with Crippen molar-refractivity contribution in [2.45, 2.75) is 45.1 Å². The number of nitrogens with one attached hydrogen (secondary N) is 2. The molecule has 3 amide bonds. The van der Waals surface area contributed by atoms with Crippen molar-refractivity contribution < 1.29 is 23.9 Å². The molecule has 1 spiro atoms. The van der Waals surface area contributed by atoms with E-state index in [-0.39, 0.29) is 17.7 Å². The lowest BCUT2D eigenvalue weighted by molar-refractivity contribution is -0.137. The number of carbonyl (C=O) groups is 3. The Morgan fingerprint density at radius 2 is 1.77 bits per heavy atom. The van der Waals surface area contributed by atoms with Gasteiger partial charge in [0.05, 0.1) is 19.1 Å². The van der Waals surface area contributed by atoms with E-state index in [1.54, 1.807) is 14.0 Å².